The van der Waals surface area contributed by atoms with E-state index < -0.39 is 58.6 Å². The molecule has 11 nitrogen and oxygen atoms in total. The number of fused-ring (bicyclic) bond motifs is 2. The highest BCUT2D eigenvalue weighted by Crippen LogP contribution is 2.48. The van der Waals surface area contributed by atoms with E-state index in [2.05, 4.69) is 15.3 Å². The van der Waals surface area contributed by atoms with Crippen LogP contribution in [0.4, 0.5) is 17.6 Å². The number of nitrogens with two attached hydrogens (primary N) is 2. The Morgan fingerprint density at radius 1 is 1.06 bits per heavy atom. The van der Waals surface area contributed by atoms with E-state index in [9.17, 15) is 37.1 Å². The van der Waals surface area contributed by atoms with Gasteiger partial charge in [-0.05, 0) is 55.5 Å². The summed E-state index contributed by atoms with van der Waals surface area (Å²) in [5.74, 6) is -3.32. The molecule has 2 atom stereocenters. The predicted octanol–water partition coefficient (Wildman–Crippen LogP) is 3.15. The molecule has 4 aromatic rings. The van der Waals surface area contributed by atoms with E-state index in [0.29, 0.717) is 23.7 Å². The van der Waals surface area contributed by atoms with Gasteiger partial charge in [0.15, 0.2) is 5.60 Å². The van der Waals surface area contributed by atoms with Gasteiger partial charge in [-0.25, -0.2) is 9.37 Å². The summed E-state index contributed by atoms with van der Waals surface area (Å²) in [4.78, 5) is 46.1. The van der Waals surface area contributed by atoms with Crippen molar-refractivity contribution in [3.63, 3.8) is 0 Å². The van der Waals surface area contributed by atoms with Gasteiger partial charge in [-0.3, -0.25) is 19.4 Å². The summed E-state index contributed by atoms with van der Waals surface area (Å²) in [6.45, 7) is -0.368. The molecular formula is C32H27F4N5O6. The zero-order chi connectivity index (χ0) is 33.9. The molecule has 244 valence electrons. The minimum absolute atomic E-state index is 0.0191. The molecule has 3 amide bonds. The SMILES string of the molecule is C[C@]1(C(N)=O)COc2c1cc(C(O)(CNC(=O)c1cc(OC3(C(N)=O)CC3)c3ncccc3c1)C(F)(F)F)nc2-c1ccc(F)cc1. The number of pyridine rings is 2. The zero-order valence-electron chi connectivity index (χ0n) is 24.7. The lowest BCUT2D eigenvalue weighted by Crippen LogP contribution is -2.51. The van der Waals surface area contributed by atoms with E-state index in [1.807, 2.05) is 0 Å². The van der Waals surface area contributed by atoms with Gasteiger partial charge in [0.2, 0.25) is 11.5 Å². The normalized spacial score (nSPS) is 19.3. The van der Waals surface area contributed by atoms with E-state index in [4.69, 9.17) is 20.9 Å². The highest BCUT2D eigenvalue weighted by molar-refractivity contribution is 6.00. The second-order valence-electron chi connectivity index (χ2n) is 11.8. The fraction of sp³-hybridized carbons (Fsp3) is 0.281. The third-order valence-corrected chi connectivity index (χ3v) is 8.52. The van der Waals surface area contributed by atoms with Gasteiger partial charge in [-0.15, -0.1) is 0 Å². The van der Waals surface area contributed by atoms with Crippen molar-refractivity contribution in [3.05, 3.63) is 83.4 Å². The summed E-state index contributed by atoms with van der Waals surface area (Å²) in [6.07, 6.45) is -3.29. The van der Waals surface area contributed by atoms with Gasteiger partial charge >= 0.3 is 6.18 Å². The quantitative estimate of drug-likeness (QED) is 0.199. The summed E-state index contributed by atoms with van der Waals surface area (Å²) in [7, 11) is 0. The monoisotopic (exact) mass is 653 g/mol. The molecule has 15 heteroatoms. The second kappa shape index (κ2) is 10.9. The summed E-state index contributed by atoms with van der Waals surface area (Å²) in [5, 5.41) is 13.8. The second-order valence-corrected chi connectivity index (χ2v) is 11.8. The number of amides is 3. The van der Waals surface area contributed by atoms with Gasteiger partial charge in [0.1, 0.15) is 40.5 Å². The molecule has 1 fully saturated rings. The maximum Gasteiger partial charge on any atom is 0.424 e. The molecule has 47 heavy (non-hydrogen) atoms. The number of hydrogen-bond donors (Lipinski definition) is 4. The van der Waals surface area contributed by atoms with E-state index >= 15 is 0 Å². The molecule has 3 heterocycles. The maximum absolute atomic E-state index is 14.8. The first-order chi connectivity index (χ1) is 22.1. The van der Waals surface area contributed by atoms with Gasteiger partial charge in [0, 0.05) is 41.1 Å². The lowest BCUT2D eigenvalue weighted by Gasteiger charge is -2.31. The van der Waals surface area contributed by atoms with Gasteiger partial charge in [0.25, 0.3) is 11.8 Å². The standard InChI is InChI=1S/C32H27F4N5O6/c1-29(27(37)43)15-46-25-20(29)13-22(41-24(25)16-4-6-19(33)7-5-16)31(45,32(34,35)36)14-40-26(42)18-11-17-3-2-10-39-23(17)21(12-18)47-30(8-9-30)28(38)44/h2-7,10-13,45H,8-9,14-15H2,1H3,(H2,37,43)(H2,38,44)(H,40,42)/t29-,31?/m0/s1. The van der Waals surface area contributed by atoms with Crippen molar-refractivity contribution in [1.82, 2.24) is 15.3 Å². The molecule has 2 aromatic carbocycles. The molecule has 0 bridgehead atoms. The Bertz CT molecular complexity index is 1950. The molecular weight excluding hydrogens is 626 g/mol. The third-order valence-electron chi connectivity index (χ3n) is 8.52. The fourth-order valence-corrected chi connectivity index (χ4v) is 5.34. The minimum Gasteiger partial charge on any atom is -0.489 e. The lowest BCUT2D eigenvalue weighted by atomic mass is 9.81. The van der Waals surface area contributed by atoms with Crippen LogP contribution in [0, 0.1) is 5.82 Å². The number of carbonyl (C=O) groups excluding carboxylic acids is 3. The number of primary amides is 2. The van der Waals surface area contributed by atoms with Crippen LogP contribution in [-0.4, -0.2) is 57.7 Å². The van der Waals surface area contributed by atoms with Crippen LogP contribution in [0.2, 0.25) is 0 Å². The maximum atomic E-state index is 14.8. The molecule has 0 spiro atoms. The van der Waals surface area contributed by atoms with Gasteiger partial charge in [-0.1, -0.05) is 6.07 Å². The van der Waals surface area contributed by atoms with Crippen molar-refractivity contribution in [2.45, 2.75) is 42.6 Å². The number of ether oxygens (including phenoxy) is 2. The Labute approximate surface area is 263 Å². The predicted molar refractivity (Wildman–Crippen MR) is 157 cm³/mol. The van der Waals surface area contributed by atoms with E-state index in [0.717, 1.165) is 18.2 Å². The van der Waals surface area contributed by atoms with Crippen molar-refractivity contribution >= 4 is 28.6 Å². The highest BCUT2D eigenvalue weighted by Gasteiger charge is 2.58. The first-order valence-corrected chi connectivity index (χ1v) is 14.3. The number of halogens is 4. The van der Waals surface area contributed by atoms with E-state index in [1.165, 1.54) is 37.4 Å². The molecule has 1 aliphatic carbocycles. The number of rotatable bonds is 9. The Morgan fingerprint density at radius 3 is 2.38 bits per heavy atom. The lowest BCUT2D eigenvalue weighted by molar-refractivity contribution is -0.265. The fourth-order valence-electron chi connectivity index (χ4n) is 5.34. The Kier molecular flexibility index (Phi) is 7.34. The van der Waals surface area contributed by atoms with E-state index in [-0.39, 0.29) is 40.5 Å². The molecule has 6 N–H and O–H groups in total. The number of aliphatic hydroxyl groups is 1. The zero-order valence-corrected chi connectivity index (χ0v) is 24.7. The van der Waals surface area contributed by atoms with Crippen LogP contribution >= 0.6 is 0 Å². The first-order valence-electron chi connectivity index (χ1n) is 14.3. The number of alkyl halides is 3. The van der Waals surface area contributed by atoms with Crippen LogP contribution in [-0.2, 0) is 20.6 Å². The van der Waals surface area contributed by atoms with Crippen LogP contribution in [0.3, 0.4) is 0 Å². The molecule has 2 aliphatic rings. The first kappa shape index (κ1) is 31.7. The van der Waals surface area contributed by atoms with Crippen molar-refractivity contribution in [2.75, 3.05) is 13.2 Å². The Hall–Kier alpha value is -5.31. The minimum atomic E-state index is -5.41. The summed E-state index contributed by atoms with van der Waals surface area (Å²) >= 11 is 0. The molecule has 6 rings (SSSR count). The molecule has 0 saturated heterocycles. The number of carbonyl (C=O) groups is 3. The average Bonchev–Trinajstić information content (AvgIpc) is 3.74. The summed E-state index contributed by atoms with van der Waals surface area (Å²) in [5.41, 5.74) is 3.42. The third kappa shape index (κ3) is 5.35. The van der Waals surface area contributed by atoms with Gasteiger partial charge < -0.3 is 31.4 Å². The number of nitrogens with one attached hydrogen (secondary N) is 1. The topological polar surface area (TPSA) is 180 Å². The van der Waals surface area contributed by atoms with Crippen molar-refractivity contribution < 1.29 is 46.5 Å². The van der Waals surface area contributed by atoms with Crippen LogP contribution < -0.4 is 26.3 Å². The van der Waals surface area contributed by atoms with Crippen LogP contribution in [0.15, 0.2) is 60.8 Å². The highest BCUT2D eigenvalue weighted by atomic mass is 19.4. The van der Waals surface area contributed by atoms with Gasteiger partial charge in [-0.2, -0.15) is 13.2 Å². The number of benzene rings is 2. The summed E-state index contributed by atoms with van der Waals surface area (Å²) < 4.78 is 69.6. The number of hydrogen-bond acceptors (Lipinski definition) is 8. The number of aromatic nitrogens is 2. The van der Waals surface area contributed by atoms with Crippen LogP contribution in [0.25, 0.3) is 22.2 Å². The Balaban J connectivity index is 1.39. The van der Waals surface area contributed by atoms with Crippen LogP contribution in [0.1, 0.15) is 41.4 Å². The molecule has 1 saturated carbocycles. The van der Waals surface area contributed by atoms with Gasteiger partial charge in [0.05, 0.1) is 12.2 Å². The van der Waals surface area contributed by atoms with Crippen molar-refractivity contribution in [2.24, 2.45) is 11.5 Å². The van der Waals surface area contributed by atoms with Crippen LogP contribution in [0.5, 0.6) is 11.5 Å². The smallest absolute Gasteiger partial charge is 0.424 e. The molecule has 1 aliphatic heterocycles. The van der Waals surface area contributed by atoms with Crippen molar-refractivity contribution in [1.29, 1.82) is 0 Å². The number of nitrogens with zero attached hydrogens (tertiary/aromatic N) is 2. The average molecular weight is 654 g/mol. The summed E-state index contributed by atoms with van der Waals surface area (Å²) in [6, 6.07) is 11.2. The molecule has 1 unspecified atom stereocenters. The Morgan fingerprint density at radius 2 is 1.77 bits per heavy atom. The largest absolute Gasteiger partial charge is 0.489 e. The molecule has 2 aromatic heterocycles. The van der Waals surface area contributed by atoms with Crippen molar-refractivity contribution in [3.8, 4) is 22.8 Å². The molecule has 0 radical (unpaired) electrons. The van der Waals surface area contributed by atoms with E-state index in [1.54, 1.807) is 12.1 Å².